The van der Waals surface area contributed by atoms with Crippen molar-refractivity contribution in [3.05, 3.63) is 36.4 Å². The second-order valence-corrected chi connectivity index (χ2v) is 26.2. The fourth-order valence-electron chi connectivity index (χ4n) is 3.04. The van der Waals surface area contributed by atoms with E-state index in [-0.39, 0.29) is 6.03 Å². The summed E-state index contributed by atoms with van der Waals surface area (Å²) in [5.41, 5.74) is 0. The van der Waals surface area contributed by atoms with Gasteiger partial charge in [0, 0.05) is 14.1 Å². The molecule has 2 aromatic rings. The first-order chi connectivity index (χ1) is 17.7. The molecule has 11 heteroatoms. The van der Waals surface area contributed by atoms with E-state index in [1.165, 1.54) is 14.9 Å². The third-order valence-corrected chi connectivity index (χ3v) is 16.3. The van der Waals surface area contributed by atoms with Gasteiger partial charge in [-0.05, 0) is 24.3 Å². The first kappa shape index (κ1) is 34.3. The first-order valence-electron chi connectivity index (χ1n) is 12.3. The molecule has 0 bridgehead atoms. The summed E-state index contributed by atoms with van der Waals surface area (Å²) in [4.78, 5) is 14.0. The van der Waals surface area contributed by atoms with Crippen molar-refractivity contribution in [1.82, 2.24) is 9.99 Å². The Balaban J connectivity index is 0.000000554. The van der Waals surface area contributed by atoms with E-state index in [1.54, 1.807) is 42.5 Å². The van der Waals surface area contributed by atoms with Crippen molar-refractivity contribution >= 4 is 40.9 Å². The second-order valence-electron chi connectivity index (χ2n) is 11.2. The van der Waals surface area contributed by atoms with Crippen molar-refractivity contribution in [2.45, 2.75) is 49.3 Å². The molecule has 0 saturated carbocycles. The molecule has 0 aliphatic heterocycles. The number of benzene rings is 2. The van der Waals surface area contributed by atoms with E-state index in [9.17, 15) is 4.79 Å². The molecule has 2 amide bonds. The Labute approximate surface area is 239 Å². The van der Waals surface area contributed by atoms with Crippen molar-refractivity contribution in [2.24, 2.45) is 0 Å². The summed E-state index contributed by atoms with van der Waals surface area (Å²) >= 11 is 2.02. The summed E-state index contributed by atoms with van der Waals surface area (Å²) in [6.07, 6.45) is 0. The summed E-state index contributed by atoms with van der Waals surface area (Å²) in [5.74, 6) is 2.42. The zero-order valence-electron chi connectivity index (χ0n) is 25.1. The van der Waals surface area contributed by atoms with E-state index in [0.29, 0.717) is 23.0 Å². The van der Waals surface area contributed by atoms with Crippen LogP contribution < -0.4 is 34.6 Å². The fourth-order valence-corrected chi connectivity index (χ4v) is 12.2. The Kier molecular flexibility index (Phi) is 14.2. The molecule has 0 atom stereocenters. The van der Waals surface area contributed by atoms with Crippen LogP contribution in [0.1, 0.15) is 0 Å². The zero-order valence-corrected chi connectivity index (χ0v) is 29.0. The minimum atomic E-state index is -1.47. The monoisotopic (exact) mass is 624 g/mol. The molecule has 0 aromatic heterocycles. The minimum absolute atomic E-state index is 0.248. The van der Waals surface area contributed by atoms with E-state index in [0.717, 1.165) is 10.6 Å². The van der Waals surface area contributed by atoms with Crippen LogP contribution >= 0.6 is 8.07 Å². The van der Waals surface area contributed by atoms with Gasteiger partial charge in [-0.15, -0.1) is 0 Å². The van der Waals surface area contributed by atoms with E-state index in [2.05, 4.69) is 44.4 Å². The van der Waals surface area contributed by atoms with Gasteiger partial charge in [0.2, 0.25) is 0 Å². The number of urea groups is 1. The Morgan fingerprint density at radius 3 is 1.29 bits per heavy atom. The van der Waals surface area contributed by atoms with Gasteiger partial charge in [-0.2, -0.15) is 0 Å². The van der Waals surface area contributed by atoms with Gasteiger partial charge in [0.05, 0.1) is 47.1 Å². The molecule has 0 fully saturated rings. The summed E-state index contributed by atoms with van der Waals surface area (Å²) in [7, 11) is 6.70. The zero-order chi connectivity index (χ0) is 29.1. The standard InChI is InChI=1S/C19H25N2O5P.2C4H11Si.Ni/c1-21(2)19(22)20-27(17-13(23-3)9-7-10-14(17)24-4)18-15(25-5)11-8-12-16(18)26-6;2*1-5(2,3)4;/h7-12H,1-6H3,(H,20,22);2*1H2,2-4H3;. The number of nitrogens with zero attached hydrogens (tertiary/aromatic N) is 1. The molecule has 7 nitrogen and oxygen atoms in total. The van der Waals surface area contributed by atoms with Gasteiger partial charge >= 0.3 is 85.9 Å². The van der Waals surface area contributed by atoms with Gasteiger partial charge in [0.15, 0.2) is 0 Å². The molecule has 218 valence electrons. The molecular weight excluding hydrogens is 578 g/mol. The van der Waals surface area contributed by atoms with Gasteiger partial charge in [0.25, 0.3) is 0 Å². The number of hydrogen-bond acceptors (Lipinski definition) is 5. The number of nitrogens with one attached hydrogen (secondary N) is 1. The Hall–Kier alpha value is -1.73. The maximum atomic E-state index is 12.6. The van der Waals surface area contributed by atoms with Crippen LogP contribution in [0.5, 0.6) is 23.0 Å². The van der Waals surface area contributed by atoms with Gasteiger partial charge < -0.3 is 28.9 Å². The predicted molar refractivity (Wildman–Crippen MR) is 164 cm³/mol. The third kappa shape index (κ3) is 11.2. The Bertz CT molecular complexity index is 916. The molecule has 0 spiro atoms. The van der Waals surface area contributed by atoms with Gasteiger partial charge in [-0.25, -0.2) is 4.79 Å². The van der Waals surface area contributed by atoms with Crippen LogP contribution in [0.2, 0.25) is 49.3 Å². The van der Waals surface area contributed by atoms with E-state index in [1.807, 2.05) is 50.8 Å². The molecule has 0 heterocycles. The molecule has 2 rings (SSSR count). The summed E-state index contributed by atoms with van der Waals surface area (Å²) in [5, 5.41) is 7.47. The fraction of sp³-hybridized carbons (Fsp3) is 0.519. The molecule has 38 heavy (non-hydrogen) atoms. The maximum absolute atomic E-state index is 12.6. The van der Waals surface area contributed by atoms with Gasteiger partial charge in [0.1, 0.15) is 23.0 Å². The van der Waals surface area contributed by atoms with Crippen molar-refractivity contribution in [3.8, 4) is 23.0 Å². The van der Waals surface area contributed by atoms with Crippen LogP contribution in [0, 0.1) is 0 Å². The Morgan fingerprint density at radius 2 is 1.05 bits per heavy atom. The van der Waals surface area contributed by atoms with E-state index >= 15 is 0 Å². The number of methoxy groups -OCH3 is 4. The SMILES string of the molecule is COc1cccc(OC)c1P(NC(=O)N(C)C)c1c(OC)cccc1OC.C[Si](C)(C)[CH2][Ni][CH2][Si](C)(C)C. The van der Waals surface area contributed by atoms with E-state index < -0.39 is 24.2 Å². The molecular formula is C27H47N2NiO5PSi2. The number of rotatable bonds is 11. The van der Waals surface area contributed by atoms with Crippen LogP contribution in [0.15, 0.2) is 36.4 Å². The van der Waals surface area contributed by atoms with Crippen LogP contribution in [-0.2, 0) is 14.4 Å². The number of carbonyl (C=O) groups is 1. The molecule has 2 aromatic carbocycles. The molecule has 0 saturated heterocycles. The third-order valence-electron chi connectivity index (χ3n) is 4.69. The second kappa shape index (κ2) is 15.8. The quantitative estimate of drug-likeness (QED) is 0.245. The number of carbonyl (C=O) groups excluding carboxylic acids is 1. The van der Waals surface area contributed by atoms with Crippen molar-refractivity contribution in [3.63, 3.8) is 0 Å². The van der Waals surface area contributed by atoms with Crippen LogP contribution in [0.25, 0.3) is 0 Å². The average Bonchev–Trinajstić information content (AvgIpc) is 2.84. The molecule has 0 unspecified atom stereocenters. The molecule has 0 radical (unpaired) electrons. The normalized spacial score (nSPS) is 11.4. The summed E-state index contributed by atoms with van der Waals surface area (Å²) in [6, 6.07) is 10.7. The van der Waals surface area contributed by atoms with Crippen molar-refractivity contribution in [1.29, 1.82) is 0 Å². The summed E-state index contributed by atoms with van der Waals surface area (Å²) in [6.45, 7) is 14.7. The van der Waals surface area contributed by atoms with Crippen molar-refractivity contribution in [2.75, 3.05) is 42.5 Å². The van der Waals surface area contributed by atoms with Crippen LogP contribution in [0.4, 0.5) is 4.79 Å². The van der Waals surface area contributed by atoms with E-state index in [4.69, 9.17) is 18.9 Å². The van der Waals surface area contributed by atoms with Crippen LogP contribution in [-0.4, -0.2) is 69.6 Å². The summed E-state index contributed by atoms with van der Waals surface area (Å²) < 4.78 is 22.3. The van der Waals surface area contributed by atoms with Crippen molar-refractivity contribution < 1.29 is 38.2 Å². The molecule has 0 aliphatic carbocycles. The van der Waals surface area contributed by atoms with Gasteiger partial charge in [-0.3, -0.25) is 0 Å². The Morgan fingerprint density at radius 1 is 0.737 bits per heavy atom. The molecule has 1 N–H and O–H groups in total. The number of hydrogen-bond donors (Lipinski definition) is 1. The number of amides is 2. The number of ether oxygens (including phenoxy) is 4. The van der Waals surface area contributed by atoms with Gasteiger partial charge in [-0.1, -0.05) is 12.1 Å². The predicted octanol–water partition coefficient (Wildman–Crippen LogP) is 6.00. The topological polar surface area (TPSA) is 69.3 Å². The average molecular weight is 626 g/mol. The van der Waals surface area contributed by atoms with Crippen LogP contribution in [0.3, 0.4) is 0 Å². The first-order valence-corrected chi connectivity index (χ1v) is 22.5. The molecule has 0 aliphatic rings.